The Morgan fingerprint density at radius 1 is 0.766 bits per heavy atom. The second-order valence-corrected chi connectivity index (χ2v) is 17.5. The molecule has 0 saturated carbocycles. The first-order valence-corrected chi connectivity index (χ1v) is 17.7. The minimum Gasteiger partial charge on any atom is -1.00 e. The first-order chi connectivity index (χ1) is 20.9. The summed E-state index contributed by atoms with van der Waals surface area (Å²) >= 11 is 1.51. The average Bonchev–Trinajstić information content (AvgIpc) is 3.65. The Labute approximate surface area is 312 Å². The fourth-order valence-electron chi connectivity index (χ4n) is 7.07. The largest absolute Gasteiger partial charge is 1.00 e. The molecule has 246 valence electrons. The summed E-state index contributed by atoms with van der Waals surface area (Å²) in [4.78, 5) is 0. The smallest absolute Gasteiger partial charge is 1.00 e. The fourth-order valence-corrected chi connectivity index (χ4v) is 7.48. The molecular formula is C44H50Cl2Zr-2. The number of benzene rings is 3. The summed E-state index contributed by atoms with van der Waals surface area (Å²) in [5.41, 5.74) is 13.3. The molecular weight excluding hydrogens is 691 g/mol. The van der Waals surface area contributed by atoms with Crippen LogP contribution >= 0.6 is 0 Å². The van der Waals surface area contributed by atoms with E-state index in [2.05, 4.69) is 168 Å². The van der Waals surface area contributed by atoms with E-state index >= 15 is 0 Å². The number of hydrogen-bond donors (Lipinski definition) is 0. The van der Waals surface area contributed by atoms with Crippen LogP contribution in [0.5, 0.6) is 0 Å². The molecule has 4 aromatic rings. The normalized spacial score (nSPS) is 18.0. The molecule has 3 aliphatic rings. The first-order valence-electron chi connectivity index (χ1n) is 16.4. The van der Waals surface area contributed by atoms with Crippen molar-refractivity contribution in [2.75, 3.05) is 0 Å². The quantitative estimate of drug-likeness (QED) is 0.206. The van der Waals surface area contributed by atoms with Gasteiger partial charge in [0.2, 0.25) is 0 Å². The Bertz CT molecular complexity index is 1840. The molecule has 7 rings (SSSR count). The van der Waals surface area contributed by atoms with Crippen LogP contribution < -0.4 is 24.8 Å². The molecule has 0 aliphatic heterocycles. The zero-order valence-corrected chi connectivity index (χ0v) is 34.3. The first kappa shape index (κ1) is 39.3. The predicted molar refractivity (Wildman–Crippen MR) is 196 cm³/mol. The van der Waals surface area contributed by atoms with Gasteiger partial charge in [-0.25, -0.2) is 6.08 Å². The predicted octanol–water partition coefficient (Wildman–Crippen LogP) is 6.16. The van der Waals surface area contributed by atoms with Crippen molar-refractivity contribution < 1.29 is 49.0 Å². The summed E-state index contributed by atoms with van der Waals surface area (Å²) in [6.45, 7) is 26.9. The van der Waals surface area contributed by atoms with Gasteiger partial charge in [0, 0.05) is 10.8 Å². The Hall–Kier alpha value is -2.18. The molecule has 1 unspecified atom stereocenters. The van der Waals surface area contributed by atoms with Crippen LogP contribution in [0.3, 0.4) is 0 Å². The third kappa shape index (κ3) is 8.18. The van der Waals surface area contributed by atoms with Crippen LogP contribution in [-0.2, 0) is 35.1 Å². The van der Waals surface area contributed by atoms with Gasteiger partial charge in [-0.3, -0.25) is 6.08 Å². The molecule has 0 heterocycles. The second kappa shape index (κ2) is 14.4. The topological polar surface area (TPSA) is 0 Å². The SMILES string of the molecule is CC1=CC(C)(C)c2cc3[cH-]c4cc5c(cc4c3cc21)C(C)=CC5(C)C.CC1[C-]=CC(C(C)(C)C)=C1.C[C](=[Zr+2])c1ccc(C)cc1.[Cl-].[Cl-]. The van der Waals surface area contributed by atoms with Gasteiger partial charge < -0.3 is 24.8 Å². The van der Waals surface area contributed by atoms with Gasteiger partial charge in [0.05, 0.1) is 0 Å². The number of aryl methyl sites for hydroxylation is 1. The third-order valence-electron chi connectivity index (χ3n) is 9.66. The van der Waals surface area contributed by atoms with E-state index in [1.165, 1.54) is 99.1 Å². The summed E-state index contributed by atoms with van der Waals surface area (Å²) < 4.78 is 1.46. The zero-order valence-electron chi connectivity index (χ0n) is 30.3. The number of rotatable bonds is 1. The molecule has 1 atom stereocenters. The molecule has 0 fully saturated rings. The number of halogens is 2. The van der Waals surface area contributed by atoms with Gasteiger partial charge in [-0.15, -0.1) is 39.7 Å². The maximum absolute atomic E-state index is 3.26. The molecule has 0 radical (unpaired) electrons. The van der Waals surface area contributed by atoms with Gasteiger partial charge in [-0.05, 0) is 36.1 Å². The van der Waals surface area contributed by atoms with Crippen molar-refractivity contribution in [2.45, 2.75) is 93.9 Å². The van der Waals surface area contributed by atoms with E-state index < -0.39 is 0 Å². The molecule has 0 nitrogen and oxygen atoms in total. The number of allylic oxidation sites excluding steroid dienone is 8. The molecule has 47 heavy (non-hydrogen) atoms. The van der Waals surface area contributed by atoms with E-state index in [-0.39, 0.29) is 35.6 Å². The van der Waals surface area contributed by atoms with Crippen LogP contribution in [0.1, 0.15) is 110 Å². The minimum absolute atomic E-state index is 0. The van der Waals surface area contributed by atoms with Crippen LogP contribution in [-0.4, -0.2) is 3.21 Å². The fraction of sp³-hybridized carbons (Fsp3) is 0.364. The van der Waals surface area contributed by atoms with Crippen LogP contribution in [0.15, 0.2) is 84.5 Å². The van der Waals surface area contributed by atoms with Crippen molar-refractivity contribution in [3.63, 3.8) is 0 Å². The summed E-state index contributed by atoms with van der Waals surface area (Å²) in [6.07, 6.45) is 12.5. The van der Waals surface area contributed by atoms with Crippen molar-refractivity contribution in [3.05, 3.63) is 124 Å². The average molecular weight is 741 g/mol. The monoisotopic (exact) mass is 738 g/mol. The second-order valence-electron chi connectivity index (χ2n) is 15.7. The summed E-state index contributed by atoms with van der Waals surface area (Å²) in [6, 6.07) is 20.8. The number of hydrogen-bond acceptors (Lipinski definition) is 0. The molecule has 3 heteroatoms. The van der Waals surface area contributed by atoms with Crippen LogP contribution in [0.4, 0.5) is 0 Å². The van der Waals surface area contributed by atoms with Crippen molar-refractivity contribution >= 4 is 35.9 Å². The summed E-state index contributed by atoms with van der Waals surface area (Å²) in [5.74, 6) is 0.522. The van der Waals surface area contributed by atoms with E-state index in [0.29, 0.717) is 11.3 Å². The maximum Gasteiger partial charge on any atom is -1.00 e. The van der Waals surface area contributed by atoms with E-state index in [0.717, 1.165) is 0 Å². The standard InChI is InChI=1S/C25H25.C10H15.C9H10.2ClH.Zr/c1-14-12-24(3,4)22-8-16-7-17-9-23-19(15(2)13-25(23,5)6)11-21(17)20(16)10-18(14)22;1-8-5-6-9(7-8)10(2,3)4;1-3-9-6-4-8(2)5-7-9;;;/h7-13H,1-6H3;6-8H,1-4H3;4-7H,1-2H3;2*1H;/q2*-1;;;;+2/p-2. The maximum atomic E-state index is 3.26. The van der Waals surface area contributed by atoms with Crippen LogP contribution in [0.2, 0.25) is 0 Å². The Balaban J connectivity index is 0.000000228. The Kier molecular flexibility index (Phi) is 12.0. The van der Waals surface area contributed by atoms with E-state index in [4.69, 9.17) is 0 Å². The Morgan fingerprint density at radius 2 is 1.21 bits per heavy atom. The van der Waals surface area contributed by atoms with E-state index in [9.17, 15) is 0 Å². The molecule has 0 amide bonds. The van der Waals surface area contributed by atoms with E-state index in [1.54, 1.807) is 0 Å². The molecule has 0 spiro atoms. The van der Waals surface area contributed by atoms with Crippen LogP contribution in [0.25, 0.3) is 32.7 Å². The molecule has 0 N–H and O–H groups in total. The van der Waals surface area contributed by atoms with Gasteiger partial charge in [0.1, 0.15) is 0 Å². The van der Waals surface area contributed by atoms with Gasteiger partial charge in [0.25, 0.3) is 0 Å². The van der Waals surface area contributed by atoms with Gasteiger partial charge >= 0.3 is 76.7 Å². The minimum atomic E-state index is 0. The van der Waals surface area contributed by atoms with Crippen molar-refractivity contribution in [2.24, 2.45) is 11.3 Å². The molecule has 0 bridgehead atoms. The molecule has 4 aromatic carbocycles. The van der Waals surface area contributed by atoms with Gasteiger partial charge in [0.15, 0.2) is 0 Å². The van der Waals surface area contributed by atoms with Crippen molar-refractivity contribution in [3.8, 4) is 0 Å². The molecule has 0 saturated heterocycles. The summed E-state index contributed by atoms with van der Waals surface area (Å²) in [7, 11) is 0. The van der Waals surface area contributed by atoms with Crippen molar-refractivity contribution in [1.82, 2.24) is 0 Å². The zero-order chi connectivity index (χ0) is 33.1. The number of fused-ring (bicyclic) bond motifs is 5. The molecule has 3 aliphatic carbocycles. The van der Waals surface area contributed by atoms with Gasteiger partial charge in [-0.1, -0.05) is 102 Å². The van der Waals surface area contributed by atoms with Crippen molar-refractivity contribution in [1.29, 1.82) is 0 Å². The van der Waals surface area contributed by atoms with Gasteiger partial charge in [-0.2, -0.15) is 11.6 Å². The van der Waals surface area contributed by atoms with E-state index in [1.807, 2.05) is 0 Å². The summed E-state index contributed by atoms with van der Waals surface area (Å²) in [5, 5.41) is 5.57. The molecule has 0 aromatic heterocycles. The Morgan fingerprint density at radius 3 is 1.55 bits per heavy atom. The third-order valence-corrected chi connectivity index (χ3v) is 10.4. The van der Waals surface area contributed by atoms with Crippen LogP contribution in [0, 0.1) is 24.3 Å².